The molecule has 5 heteroatoms. The Balaban J connectivity index is 2.02. The fraction of sp³-hybridized carbons (Fsp3) is 0.615. The number of carbonyl (C=O) groups excluding carboxylic acids is 1. The van der Waals surface area contributed by atoms with Crippen molar-refractivity contribution in [2.75, 3.05) is 13.7 Å². The van der Waals surface area contributed by atoms with Gasteiger partial charge in [0, 0.05) is 13.7 Å². The van der Waals surface area contributed by atoms with Crippen molar-refractivity contribution in [1.82, 2.24) is 5.32 Å². The number of furan rings is 1. The SMILES string of the molecule is COCc1ccc(C(=O)NC2(CN)CCCC2)o1. The van der Waals surface area contributed by atoms with E-state index in [1.807, 2.05) is 0 Å². The van der Waals surface area contributed by atoms with Gasteiger partial charge in [-0.3, -0.25) is 4.79 Å². The van der Waals surface area contributed by atoms with Crippen molar-refractivity contribution in [2.45, 2.75) is 37.8 Å². The topological polar surface area (TPSA) is 77.5 Å². The molecule has 1 aromatic heterocycles. The van der Waals surface area contributed by atoms with E-state index >= 15 is 0 Å². The van der Waals surface area contributed by atoms with Crippen molar-refractivity contribution >= 4 is 5.91 Å². The van der Waals surface area contributed by atoms with Crippen LogP contribution in [0.2, 0.25) is 0 Å². The lowest BCUT2D eigenvalue weighted by Crippen LogP contribution is -2.51. The van der Waals surface area contributed by atoms with E-state index in [4.69, 9.17) is 14.9 Å². The summed E-state index contributed by atoms with van der Waals surface area (Å²) in [5, 5.41) is 3.02. The number of hydrogen-bond donors (Lipinski definition) is 2. The Morgan fingerprint density at radius 1 is 1.50 bits per heavy atom. The fourth-order valence-corrected chi connectivity index (χ4v) is 2.45. The number of nitrogens with one attached hydrogen (secondary N) is 1. The molecule has 18 heavy (non-hydrogen) atoms. The minimum atomic E-state index is -0.245. The van der Waals surface area contributed by atoms with E-state index in [-0.39, 0.29) is 11.4 Å². The minimum absolute atomic E-state index is 0.190. The average molecular weight is 252 g/mol. The molecule has 1 fully saturated rings. The van der Waals surface area contributed by atoms with Crippen LogP contribution in [0.15, 0.2) is 16.5 Å². The Hall–Kier alpha value is -1.33. The zero-order valence-electron chi connectivity index (χ0n) is 10.7. The van der Waals surface area contributed by atoms with Gasteiger partial charge in [0.1, 0.15) is 12.4 Å². The van der Waals surface area contributed by atoms with Gasteiger partial charge >= 0.3 is 0 Å². The number of carbonyl (C=O) groups is 1. The molecule has 0 aromatic carbocycles. The smallest absolute Gasteiger partial charge is 0.287 e. The summed E-state index contributed by atoms with van der Waals surface area (Å²) in [6.07, 6.45) is 4.12. The Kier molecular flexibility index (Phi) is 4.04. The van der Waals surface area contributed by atoms with Crippen LogP contribution in [0, 0.1) is 0 Å². The number of nitrogens with two attached hydrogens (primary N) is 1. The van der Waals surface area contributed by atoms with Gasteiger partial charge in [-0.2, -0.15) is 0 Å². The first-order chi connectivity index (χ1) is 8.69. The predicted octanol–water partition coefficient (Wildman–Crippen LogP) is 1.43. The molecule has 2 rings (SSSR count). The Labute approximate surface area is 107 Å². The second-order valence-electron chi connectivity index (χ2n) is 4.84. The van der Waals surface area contributed by atoms with E-state index in [9.17, 15) is 4.79 Å². The van der Waals surface area contributed by atoms with Crippen LogP contribution in [-0.4, -0.2) is 25.1 Å². The van der Waals surface area contributed by atoms with Gasteiger partial charge in [0.15, 0.2) is 5.76 Å². The van der Waals surface area contributed by atoms with Gasteiger partial charge < -0.3 is 20.2 Å². The molecule has 3 N–H and O–H groups in total. The molecule has 0 spiro atoms. The highest BCUT2D eigenvalue weighted by Crippen LogP contribution is 2.29. The maximum absolute atomic E-state index is 12.1. The molecule has 0 unspecified atom stereocenters. The van der Waals surface area contributed by atoms with Gasteiger partial charge in [-0.15, -0.1) is 0 Å². The summed E-state index contributed by atoms with van der Waals surface area (Å²) >= 11 is 0. The van der Waals surface area contributed by atoms with Crippen molar-refractivity contribution in [3.63, 3.8) is 0 Å². The molecule has 1 amide bonds. The molecular formula is C13H20N2O3. The summed E-state index contributed by atoms with van der Waals surface area (Å²) in [5.74, 6) is 0.780. The maximum atomic E-state index is 12.1. The third kappa shape index (κ3) is 2.73. The van der Waals surface area contributed by atoms with Crippen molar-refractivity contribution in [2.24, 2.45) is 5.73 Å². The maximum Gasteiger partial charge on any atom is 0.287 e. The van der Waals surface area contributed by atoms with E-state index in [0.717, 1.165) is 25.7 Å². The van der Waals surface area contributed by atoms with Crippen molar-refractivity contribution < 1.29 is 13.9 Å². The number of ether oxygens (including phenoxy) is 1. The van der Waals surface area contributed by atoms with Gasteiger partial charge in [0.05, 0.1) is 5.54 Å². The summed E-state index contributed by atoms with van der Waals surface area (Å²) in [6, 6.07) is 3.42. The molecule has 100 valence electrons. The van der Waals surface area contributed by atoms with E-state index in [1.165, 1.54) is 0 Å². The van der Waals surface area contributed by atoms with E-state index < -0.39 is 0 Å². The fourth-order valence-electron chi connectivity index (χ4n) is 2.45. The van der Waals surface area contributed by atoms with Crippen LogP contribution in [0.4, 0.5) is 0 Å². The van der Waals surface area contributed by atoms with Crippen molar-refractivity contribution in [3.8, 4) is 0 Å². The Morgan fingerprint density at radius 2 is 2.22 bits per heavy atom. The zero-order valence-corrected chi connectivity index (χ0v) is 10.7. The summed E-state index contributed by atoms with van der Waals surface area (Å²) in [6.45, 7) is 0.847. The quantitative estimate of drug-likeness (QED) is 0.831. The third-order valence-corrected chi connectivity index (χ3v) is 3.50. The van der Waals surface area contributed by atoms with Crippen LogP contribution in [-0.2, 0) is 11.3 Å². The third-order valence-electron chi connectivity index (χ3n) is 3.50. The van der Waals surface area contributed by atoms with Crippen LogP contribution in [0.1, 0.15) is 42.0 Å². The first-order valence-corrected chi connectivity index (χ1v) is 6.29. The molecule has 0 atom stereocenters. The number of amides is 1. The number of rotatable bonds is 5. The Morgan fingerprint density at radius 3 is 2.83 bits per heavy atom. The number of hydrogen-bond acceptors (Lipinski definition) is 4. The van der Waals surface area contributed by atoms with E-state index in [2.05, 4.69) is 5.32 Å². The highest BCUT2D eigenvalue weighted by molar-refractivity contribution is 5.92. The standard InChI is InChI=1S/C13H20N2O3/c1-17-8-10-4-5-11(18-10)12(16)15-13(9-14)6-2-3-7-13/h4-5H,2-3,6-9,14H2,1H3,(H,15,16). The molecule has 0 radical (unpaired) electrons. The lowest BCUT2D eigenvalue weighted by atomic mass is 9.98. The molecule has 0 saturated heterocycles. The molecular weight excluding hydrogens is 232 g/mol. The second kappa shape index (κ2) is 5.54. The van der Waals surface area contributed by atoms with Gasteiger partial charge in [0.25, 0.3) is 5.91 Å². The minimum Gasteiger partial charge on any atom is -0.453 e. The van der Waals surface area contributed by atoms with Gasteiger partial charge in [-0.1, -0.05) is 12.8 Å². The van der Waals surface area contributed by atoms with Crippen molar-refractivity contribution in [1.29, 1.82) is 0 Å². The van der Waals surface area contributed by atoms with E-state index in [0.29, 0.717) is 24.7 Å². The lowest BCUT2D eigenvalue weighted by Gasteiger charge is -2.28. The molecule has 1 aromatic rings. The first kappa shape index (κ1) is 13.1. The monoisotopic (exact) mass is 252 g/mol. The van der Waals surface area contributed by atoms with Gasteiger partial charge in [-0.05, 0) is 25.0 Å². The molecule has 5 nitrogen and oxygen atoms in total. The average Bonchev–Trinajstić information content (AvgIpc) is 2.99. The summed E-state index contributed by atoms with van der Waals surface area (Å²) in [4.78, 5) is 12.1. The van der Waals surface area contributed by atoms with Crippen LogP contribution in [0.25, 0.3) is 0 Å². The normalized spacial score (nSPS) is 17.9. The highest BCUT2D eigenvalue weighted by atomic mass is 16.5. The molecule has 1 aliphatic carbocycles. The zero-order chi connectivity index (χ0) is 13.0. The first-order valence-electron chi connectivity index (χ1n) is 6.29. The summed E-state index contributed by atoms with van der Waals surface area (Å²) in [7, 11) is 1.59. The second-order valence-corrected chi connectivity index (χ2v) is 4.84. The van der Waals surface area contributed by atoms with Crippen molar-refractivity contribution in [3.05, 3.63) is 23.7 Å². The largest absolute Gasteiger partial charge is 0.453 e. The Bertz CT molecular complexity index is 408. The van der Waals surface area contributed by atoms with Crippen LogP contribution in [0.5, 0.6) is 0 Å². The van der Waals surface area contributed by atoms with Crippen LogP contribution in [0.3, 0.4) is 0 Å². The number of methoxy groups -OCH3 is 1. The van der Waals surface area contributed by atoms with Gasteiger partial charge in [-0.25, -0.2) is 0 Å². The molecule has 1 saturated carbocycles. The molecule has 0 bridgehead atoms. The van der Waals surface area contributed by atoms with E-state index in [1.54, 1.807) is 19.2 Å². The lowest BCUT2D eigenvalue weighted by molar-refractivity contribution is 0.0866. The molecule has 0 aliphatic heterocycles. The summed E-state index contributed by atoms with van der Waals surface area (Å²) in [5.41, 5.74) is 5.54. The highest BCUT2D eigenvalue weighted by Gasteiger charge is 2.34. The predicted molar refractivity (Wildman–Crippen MR) is 67.1 cm³/mol. The van der Waals surface area contributed by atoms with Gasteiger partial charge in [0.2, 0.25) is 0 Å². The van der Waals surface area contributed by atoms with Crippen LogP contribution < -0.4 is 11.1 Å². The molecule has 1 heterocycles. The molecule has 1 aliphatic rings. The van der Waals surface area contributed by atoms with Crippen LogP contribution >= 0.6 is 0 Å². The summed E-state index contributed by atoms with van der Waals surface area (Å²) < 4.78 is 10.4.